The molecule has 1 aliphatic rings. The number of carbonyl (C=O) groups excluding carboxylic acids is 2. The van der Waals surface area contributed by atoms with Crippen LogP contribution in [0.2, 0.25) is 0 Å². The summed E-state index contributed by atoms with van der Waals surface area (Å²) >= 11 is 0. The van der Waals surface area contributed by atoms with Crippen LogP contribution in [0.15, 0.2) is 60.0 Å². The van der Waals surface area contributed by atoms with Crippen LogP contribution in [-0.4, -0.2) is 23.4 Å². The summed E-state index contributed by atoms with van der Waals surface area (Å²) in [5.74, 6) is 0.274. The van der Waals surface area contributed by atoms with Crippen LogP contribution in [0.25, 0.3) is 0 Å². The summed E-state index contributed by atoms with van der Waals surface area (Å²) in [7, 11) is 0. The van der Waals surface area contributed by atoms with Crippen LogP contribution in [0.3, 0.4) is 0 Å². The van der Waals surface area contributed by atoms with Gasteiger partial charge in [0.1, 0.15) is 11.6 Å². The predicted octanol–water partition coefficient (Wildman–Crippen LogP) is 5.34. The lowest BCUT2D eigenvalue weighted by molar-refractivity contribution is 0.0966. The molecule has 1 unspecified atom stereocenters. The molecule has 156 valence electrons. The third-order valence-electron chi connectivity index (χ3n) is 4.92. The van der Waals surface area contributed by atoms with Gasteiger partial charge in [0.05, 0.1) is 11.3 Å². The van der Waals surface area contributed by atoms with Gasteiger partial charge in [-0.05, 0) is 70.0 Å². The molecule has 0 saturated heterocycles. The van der Waals surface area contributed by atoms with E-state index >= 15 is 0 Å². The minimum Gasteiger partial charge on any atom is -0.483 e. The van der Waals surface area contributed by atoms with Gasteiger partial charge in [0.15, 0.2) is 23.4 Å². The largest absolute Gasteiger partial charge is 0.483 e. The number of ketones is 2. The van der Waals surface area contributed by atoms with Crippen molar-refractivity contribution in [3.8, 4) is 5.75 Å². The summed E-state index contributed by atoms with van der Waals surface area (Å²) in [6, 6.07) is 11.3. The fourth-order valence-electron chi connectivity index (χ4n) is 2.83. The van der Waals surface area contributed by atoms with Crippen LogP contribution in [0.1, 0.15) is 59.9 Å². The summed E-state index contributed by atoms with van der Waals surface area (Å²) in [5.41, 5.74) is 1.65. The number of nitrogens with zero attached hydrogens (tertiary/aromatic N) is 1. The van der Waals surface area contributed by atoms with Crippen LogP contribution in [-0.2, 0) is 4.84 Å². The lowest BCUT2D eigenvalue weighted by Crippen LogP contribution is -2.15. The standard InChI is InChI=1S/C24H24FNO4/c1-14(20-9-12-22(15(2)27)23(25)13-20)26-30-17(4)16(3)29-21-10-7-19(8-11-21)24(28)18-5-6-18/h7-13,16,18H,4-6H2,1-3H3/b26-14+. The van der Waals surface area contributed by atoms with E-state index in [1.54, 1.807) is 44.2 Å². The molecule has 3 rings (SSSR count). The molecule has 0 bridgehead atoms. The first-order valence-corrected chi connectivity index (χ1v) is 9.78. The van der Waals surface area contributed by atoms with Crippen molar-refractivity contribution in [3.05, 3.63) is 77.3 Å². The normalized spacial score (nSPS) is 14.7. The number of benzene rings is 2. The van der Waals surface area contributed by atoms with E-state index in [1.807, 2.05) is 0 Å². The SMILES string of the molecule is C=C(O/N=C(\C)c1ccc(C(C)=O)c(F)c1)C(C)Oc1ccc(C(=O)C2CC2)cc1. The zero-order chi connectivity index (χ0) is 21.8. The number of halogens is 1. The predicted molar refractivity (Wildman–Crippen MR) is 112 cm³/mol. The molecule has 0 heterocycles. The first kappa shape index (κ1) is 21.4. The molecule has 1 atom stereocenters. The highest BCUT2D eigenvalue weighted by Gasteiger charge is 2.30. The second-order valence-corrected chi connectivity index (χ2v) is 7.41. The number of rotatable bonds is 9. The number of ether oxygens (including phenoxy) is 1. The van der Waals surface area contributed by atoms with Crippen LogP contribution in [0.4, 0.5) is 4.39 Å². The monoisotopic (exact) mass is 409 g/mol. The Labute approximate surface area is 175 Å². The fourth-order valence-corrected chi connectivity index (χ4v) is 2.83. The molecule has 30 heavy (non-hydrogen) atoms. The van der Waals surface area contributed by atoms with Gasteiger partial charge in [0, 0.05) is 17.0 Å². The van der Waals surface area contributed by atoms with Crippen molar-refractivity contribution in [3.63, 3.8) is 0 Å². The molecule has 5 nitrogen and oxygen atoms in total. The van der Waals surface area contributed by atoms with Gasteiger partial charge in [-0.3, -0.25) is 9.59 Å². The maximum atomic E-state index is 14.0. The molecule has 1 aliphatic carbocycles. The van der Waals surface area contributed by atoms with Gasteiger partial charge in [0.2, 0.25) is 0 Å². The van der Waals surface area contributed by atoms with E-state index in [1.165, 1.54) is 19.1 Å². The second-order valence-electron chi connectivity index (χ2n) is 7.41. The maximum absolute atomic E-state index is 14.0. The van der Waals surface area contributed by atoms with Crippen molar-refractivity contribution in [1.82, 2.24) is 0 Å². The molecule has 0 amide bonds. The summed E-state index contributed by atoms with van der Waals surface area (Å²) < 4.78 is 19.8. The van der Waals surface area contributed by atoms with E-state index in [9.17, 15) is 14.0 Å². The average Bonchev–Trinajstić information content (AvgIpc) is 3.56. The van der Waals surface area contributed by atoms with Gasteiger partial charge < -0.3 is 9.57 Å². The minimum absolute atomic E-state index is 0.0313. The molecule has 2 aromatic rings. The Morgan fingerprint density at radius 2 is 1.73 bits per heavy atom. The first-order chi connectivity index (χ1) is 14.3. The molecule has 2 aromatic carbocycles. The van der Waals surface area contributed by atoms with Gasteiger partial charge in [-0.2, -0.15) is 0 Å². The topological polar surface area (TPSA) is 65.0 Å². The van der Waals surface area contributed by atoms with Crippen molar-refractivity contribution in [2.45, 2.75) is 39.7 Å². The maximum Gasteiger partial charge on any atom is 0.168 e. The fraction of sp³-hybridized carbons (Fsp3) is 0.292. The Morgan fingerprint density at radius 1 is 1.10 bits per heavy atom. The summed E-state index contributed by atoms with van der Waals surface area (Å²) in [5, 5.41) is 3.98. The Morgan fingerprint density at radius 3 is 2.30 bits per heavy atom. The van der Waals surface area contributed by atoms with Crippen LogP contribution in [0, 0.1) is 11.7 Å². The molecule has 0 N–H and O–H groups in total. The summed E-state index contributed by atoms with van der Waals surface area (Å²) in [4.78, 5) is 28.7. The van der Waals surface area contributed by atoms with E-state index in [0.717, 1.165) is 12.8 Å². The third-order valence-corrected chi connectivity index (χ3v) is 4.92. The second kappa shape index (κ2) is 9.03. The molecule has 1 saturated carbocycles. The van der Waals surface area contributed by atoms with Gasteiger partial charge in [-0.15, -0.1) is 0 Å². The number of Topliss-reactive ketones (excluding diaryl/α,β-unsaturated/α-hetero) is 2. The third kappa shape index (κ3) is 5.20. The molecule has 1 fully saturated rings. The number of oxime groups is 1. The van der Waals surface area contributed by atoms with E-state index in [2.05, 4.69) is 11.7 Å². The van der Waals surface area contributed by atoms with Gasteiger partial charge in [-0.1, -0.05) is 17.8 Å². The van der Waals surface area contributed by atoms with Crippen molar-refractivity contribution >= 4 is 17.3 Å². The highest BCUT2D eigenvalue weighted by molar-refractivity contribution is 6.00. The summed E-state index contributed by atoms with van der Waals surface area (Å²) in [6.45, 7) is 8.56. The van der Waals surface area contributed by atoms with Crippen LogP contribution < -0.4 is 4.74 Å². The van der Waals surface area contributed by atoms with Crippen molar-refractivity contribution < 1.29 is 23.6 Å². The molecular weight excluding hydrogens is 385 g/mol. The van der Waals surface area contributed by atoms with Gasteiger partial charge in [0.25, 0.3) is 0 Å². The quantitative estimate of drug-likeness (QED) is 0.243. The van der Waals surface area contributed by atoms with E-state index in [4.69, 9.17) is 9.57 Å². The van der Waals surface area contributed by atoms with Crippen molar-refractivity contribution in [2.75, 3.05) is 0 Å². The Balaban J connectivity index is 1.57. The molecule has 6 heteroatoms. The lowest BCUT2D eigenvalue weighted by atomic mass is 10.1. The van der Waals surface area contributed by atoms with E-state index < -0.39 is 11.9 Å². The first-order valence-electron chi connectivity index (χ1n) is 9.78. The van der Waals surface area contributed by atoms with Gasteiger partial charge >= 0.3 is 0 Å². The average molecular weight is 409 g/mol. The molecule has 0 radical (unpaired) electrons. The minimum atomic E-state index is -0.603. The molecule has 0 aliphatic heterocycles. The summed E-state index contributed by atoms with van der Waals surface area (Å²) in [6.07, 6.45) is 1.45. The number of carbonyl (C=O) groups is 2. The van der Waals surface area contributed by atoms with Gasteiger partial charge in [-0.25, -0.2) is 4.39 Å². The van der Waals surface area contributed by atoms with Crippen LogP contribution in [0.5, 0.6) is 5.75 Å². The molecule has 0 aromatic heterocycles. The Bertz CT molecular complexity index is 1010. The van der Waals surface area contributed by atoms with Crippen molar-refractivity contribution in [1.29, 1.82) is 0 Å². The van der Waals surface area contributed by atoms with Crippen LogP contribution >= 0.6 is 0 Å². The zero-order valence-corrected chi connectivity index (χ0v) is 17.3. The molecule has 0 spiro atoms. The highest BCUT2D eigenvalue weighted by atomic mass is 19.1. The van der Waals surface area contributed by atoms with Crippen molar-refractivity contribution in [2.24, 2.45) is 11.1 Å². The smallest absolute Gasteiger partial charge is 0.168 e. The lowest BCUT2D eigenvalue weighted by Gasteiger charge is -2.15. The van der Waals surface area contributed by atoms with E-state index in [-0.39, 0.29) is 28.8 Å². The Kier molecular flexibility index (Phi) is 6.45. The molecular formula is C24H24FNO4. The number of hydrogen-bond acceptors (Lipinski definition) is 5. The highest BCUT2D eigenvalue weighted by Crippen LogP contribution is 2.33. The van der Waals surface area contributed by atoms with E-state index in [0.29, 0.717) is 22.6 Å². The Hall–Kier alpha value is -3.28. The number of hydrogen-bond donors (Lipinski definition) is 0. The zero-order valence-electron chi connectivity index (χ0n) is 17.3.